The Kier molecular flexibility index (Phi) is 4.62. The van der Waals surface area contributed by atoms with E-state index >= 15 is 0 Å². The Bertz CT molecular complexity index is 748. The van der Waals surface area contributed by atoms with E-state index in [0.717, 1.165) is 16.5 Å². The van der Waals surface area contributed by atoms with Gasteiger partial charge in [-0.1, -0.05) is 46.3 Å². The van der Waals surface area contributed by atoms with Crippen LogP contribution < -0.4 is 10.9 Å². The number of amides is 3. The molecule has 0 radical (unpaired) electrons. The maximum Gasteiger partial charge on any atom is 0.336 e. The molecule has 3 amide bonds. The predicted molar refractivity (Wildman–Crippen MR) is 90.7 cm³/mol. The number of rotatable bonds is 1. The first kappa shape index (κ1) is 15.6. The van der Waals surface area contributed by atoms with Crippen molar-refractivity contribution in [2.24, 2.45) is 0 Å². The summed E-state index contributed by atoms with van der Waals surface area (Å²) in [5.41, 5.74) is 7.81. The number of nitrogens with zero attached hydrogens (tertiary/aromatic N) is 1. The SMILES string of the molecule is O=C(NNC(=O)N1CCc2ccccc2C1)c1cccc(Br)c1. The van der Waals surface area contributed by atoms with Crippen LogP contribution in [0, 0.1) is 0 Å². The molecule has 23 heavy (non-hydrogen) atoms. The van der Waals surface area contributed by atoms with Crippen molar-refractivity contribution in [2.75, 3.05) is 6.54 Å². The average molecular weight is 374 g/mol. The van der Waals surface area contributed by atoms with Gasteiger partial charge in [-0.05, 0) is 35.7 Å². The van der Waals surface area contributed by atoms with Crippen LogP contribution in [0.4, 0.5) is 4.79 Å². The Balaban J connectivity index is 1.57. The van der Waals surface area contributed by atoms with Gasteiger partial charge in [0.25, 0.3) is 5.91 Å². The topological polar surface area (TPSA) is 61.4 Å². The number of carbonyl (C=O) groups is 2. The molecule has 0 fully saturated rings. The number of hydrazine groups is 1. The Hall–Kier alpha value is -2.34. The van der Waals surface area contributed by atoms with Gasteiger partial charge < -0.3 is 4.90 Å². The first-order valence-electron chi connectivity index (χ1n) is 7.31. The second-order valence-corrected chi connectivity index (χ2v) is 6.25. The van der Waals surface area contributed by atoms with Crippen molar-refractivity contribution in [3.05, 3.63) is 69.7 Å². The van der Waals surface area contributed by atoms with E-state index in [1.807, 2.05) is 24.3 Å². The molecule has 2 aromatic carbocycles. The molecule has 0 bridgehead atoms. The number of urea groups is 1. The van der Waals surface area contributed by atoms with Gasteiger partial charge in [0.15, 0.2) is 0 Å². The zero-order valence-electron chi connectivity index (χ0n) is 12.4. The van der Waals surface area contributed by atoms with Gasteiger partial charge in [0.2, 0.25) is 0 Å². The van der Waals surface area contributed by atoms with Crippen LogP contribution in [0.5, 0.6) is 0 Å². The molecule has 1 aliphatic heterocycles. The second kappa shape index (κ2) is 6.83. The molecule has 3 rings (SSSR count). The molecule has 5 nitrogen and oxygen atoms in total. The second-order valence-electron chi connectivity index (χ2n) is 5.33. The quantitative estimate of drug-likeness (QED) is 0.755. The smallest absolute Gasteiger partial charge is 0.319 e. The summed E-state index contributed by atoms with van der Waals surface area (Å²) in [6.45, 7) is 1.18. The number of hydrogen-bond acceptors (Lipinski definition) is 2. The van der Waals surface area contributed by atoms with Gasteiger partial charge in [-0.25, -0.2) is 10.2 Å². The molecule has 2 N–H and O–H groups in total. The lowest BCUT2D eigenvalue weighted by molar-refractivity contribution is 0.0929. The standard InChI is InChI=1S/C17H16BrN3O2/c18-15-7-3-6-13(10-15)16(22)19-20-17(23)21-9-8-12-4-1-2-5-14(12)11-21/h1-7,10H,8-9,11H2,(H,19,22)(H,20,23). The van der Waals surface area contributed by atoms with E-state index in [4.69, 9.17) is 0 Å². The maximum absolute atomic E-state index is 12.2. The maximum atomic E-state index is 12.2. The first-order chi connectivity index (χ1) is 11.1. The number of hydrogen-bond donors (Lipinski definition) is 2. The van der Waals surface area contributed by atoms with Gasteiger partial charge in [0, 0.05) is 23.1 Å². The first-order valence-corrected chi connectivity index (χ1v) is 8.10. The molecule has 0 atom stereocenters. The van der Waals surface area contributed by atoms with E-state index in [1.54, 1.807) is 23.1 Å². The molecule has 6 heteroatoms. The summed E-state index contributed by atoms with van der Waals surface area (Å²) < 4.78 is 0.809. The number of fused-ring (bicyclic) bond motifs is 1. The molecule has 0 aromatic heterocycles. The molecule has 0 unspecified atom stereocenters. The van der Waals surface area contributed by atoms with Gasteiger partial charge in [-0.15, -0.1) is 0 Å². The fourth-order valence-corrected chi connectivity index (χ4v) is 2.96. The highest BCUT2D eigenvalue weighted by molar-refractivity contribution is 9.10. The van der Waals surface area contributed by atoms with E-state index in [-0.39, 0.29) is 11.9 Å². The van der Waals surface area contributed by atoms with E-state index in [1.165, 1.54) is 5.56 Å². The molecule has 0 saturated carbocycles. The largest absolute Gasteiger partial charge is 0.336 e. The highest BCUT2D eigenvalue weighted by Gasteiger charge is 2.20. The number of carbonyl (C=O) groups excluding carboxylic acids is 2. The molecule has 0 spiro atoms. The lowest BCUT2D eigenvalue weighted by Gasteiger charge is -2.28. The lowest BCUT2D eigenvalue weighted by Crippen LogP contribution is -2.50. The molecular weight excluding hydrogens is 358 g/mol. The van der Waals surface area contributed by atoms with E-state index < -0.39 is 0 Å². The average Bonchev–Trinajstić information content (AvgIpc) is 2.59. The number of nitrogens with one attached hydrogen (secondary N) is 2. The third kappa shape index (κ3) is 3.71. The predicted octanol–water partition coefficient (Wildman–Crippen LogP) is 2.86. The highest BCUT2D eigenvalue weighted by atomic mass is 79.9. The fourth-order valence-electron chi connectivity index (χ4n) is 2.56. The lowest BCUT2D eigenvalue weighted by atomic mass is 10.0. The number of benzene rings is 2. The van der Waals surface area contributed by atoms with E-state index in [0.29, 0.717) is 18.7 Å². The molecule has 1 heterocycles. The zero-order valence-corrected chi connectivity index (χ0v) is 14.0. The minimum atomic E-state index is -0.350. The van der Waals surface area contributed by atoms with Crippen molar-refractivity contribution < 1.29 is 9.59 Å². The minimum Gasteiger partial charge on any atom is -0.319 e. The summed E-state index contributed by atoms with van der Waals surface area (Å²) >= 11 is 3.31. The van der Waals surface area contributed by atoms with Crippen molar-refractivity contribution in [3.8, 4) is 0 Å². The van der Waals surface area contributed by atoms with Crippen LogP contribution in [-0.2, 0) is 13.0 Å². The van der Waals surface area contributed by atoms with Crippen molar-refractivity contribution in [1.82, 2.24) is 15.8 Å². The van der Waals surface area contributed by atoms with Crippen LogP contribution in [0.2, 0.25) is 0 Å². The monoisotopic (exact) mass is 373 g/mol. The molecule has 2 aromatic rings. The van der Waals surface area contributed by atoms with Crippen LogP contribution in [0.3, 0.4) is 0 Å². The third-order valence-corrected chi connectivity index (χ3v) is 4.28. The van der Waals surface area contributed by atoms with Crippen molar-refractivity contribution in [1.29, 1.82) is 0 Å². The van der Waals surface area contributed by atoms with Gasteiger partial charge in [0.05, 0.1) is 0 Å². The summed E-state index contributed by atoms with van der Waals surface area (Å²) in [5.74, 6) is -0.350. The Morgan fingerprint density at radius 3 is 2.57 bits per heavy atom. The number of halogens is 1. The Labute approximate surface area is 142 Å². The Morgan fingerprint density at radius 2 is 1.78 bits per heavy atom. The molecule has 118 valence electrons. The fraction of sp³-hybridized carbons (Fsp3) is 0.176. The van der Waals surface area contributed by atoms with Gasteiger partial charge >= 0.3 is 6.03 Å². The van der Waals surface area contributed by atoms with Gasteiger partial charge in [0.1, 0.15) is 0 Å². The van der Waals surface area contributed by atoms with Crippen LogP contribution in [0.15, 0.2) is 53.0 Å². The molecule has 1 aliphatic rings. The van der Waals surface area contributed by atoms with Crippen molar-refractivity contribution in [2.45, 2.75) is 13.0 Å². The van der Waals surface area contributed by atoms with Crippen molar-refractivity contribution in [3.63, 3.8) is 0 Å². The molecule has 0 saturated heterocycles. The van der Waals surface area contributed by atoms with Crippen molar-refractivity contribution >= 4 is 27.9 Å². The summed E-state index contributed by atoms with van der Waals surface area (Å²) in [7, 11) is 0. The van der Waals surface area contributed by atoms with Crippen LogP contribution in [0.25, 0.3) is 0 Å². The van der Waals surface area contributed by atoms with E-state index in [9.17, 15) is 9.59 Å². The van der Waals surface area contributed by atoms with Crippen LogP contribution in [0.1, 0.15) is 21.5 Å². The zero-order chi connectivity index (χ0) is 16.2. The highest BCUT2D eigenvalue weighted by Crippen LogP contribution is 2.18. The Morgan fingerprint density at radius 1 is 1.00 bits per heavy atom. The minimum absolute atomic E-state index is 0.303. The summed E-state index contributed by atoms with van der Waals surface area (Å²) in [6.07, 6.45) is 0.823. The van der Waals surface area contributed by atoms with Gasteiger partial charge in [-0.2, -0.15) is 0 Å². The summed E-state index contributed by atoms with van der Waals surface area (Å²) in [5, 5.41) is 0. The summed E-state index contributed by atoms with van der Waals surface area (Å²) in [4.78, 5) is 25.9. The van der Waals surface area contributed by atoms with Gasteiger partial charge in [-0.3, -0.25) is 10.2 Å². The van der Waals surface area contributed by atoms with E-state index in [2.05, 4.69) is 32.8 Å². The normalized spacial score (nSPS) is 13.2. The third-order valence-electron chi connectivity index (χ3n) is 3.79. The van der Waals surface area contributed by atoms with Crippen LogP contribution in [-0.4, -0.2) is 23.4 Å². The van der Waals surface area contributed by atoms with Crippen LogP contribution >= 0.6 is 15.9 Å². The molecular formula is C17H16BrN3O2. The summed E-state index contributed by atoms with van der Waals surface area (Å²) in [6, 6.07) is 14.8. The molecule has 0 aliphatic carbocycles.